The number of amides is 2. The number of carbonyl (C=O) groups is 2. The SMILES string of the molecule is C=CCN1C(=O)[C@H](CC(=O)NCCOC)SC1=Nc1ccc(C)c(C)c1. The van der Waals surface area contributed by atoms with Crippen molar-refractivity contribution in [3.05, 3.63) is 42.0 Å². The normalized spacial score (nSPS) is 18.4. The molecule has 0 radical (unpaired) electrons. The molecule has 0 bridgehead atoms. The first-order valence-electron chi connectivity index (χ1n) is 8.46. The van der Waals surface area contributed by atoms with Crippen LogP contribution in [0.1, 0.15) is 17.5 Å². The Balaban J connectivity index is 2.14. The van der Waals surface area contributed by atoms with Crippen molar-refractivity contribution >= 4 is 34.4 Å². The number of benzene rings is 1. The molecule has 1 atom stereocenters. The van der Waals surface area contributed by atoms with Gasteiger partial charge in [0.15, 0.2) is 5.17 Å². The Morgan fingerprint density at radius 1 is 1.42 bits per heavy atom. The van der Waals surface area contributed by atoms with Crippen LogP contribution in [0.3, 0.4) is 0 Å². The topological polar surface area (TPSA) is 71.0 Å². The fourth-order valence-corrected chi connectivity index (χ4v) is 3.63. The fourth-order valence-electron chi connectivity index (χ4n) is 2.46. The molecule has 1 heterocycles. The van der Waals surface area contributed by atoms with E-state index in [-0.39, 0.29) is 18.2 Å². The molecular formula is C19H25N3O3S. The van der Waals surface area contributed by atoms with Gasteiger partial charge in [0.1, 0.15) is 5.25 Å². The molecule has 1 aliphatic heterocycles. The molecule has 140 valence electrons. The number of amidine groups is 1. The summed E-state index contributed by atoms with van der Waals surface area (Å²) in [6.45, 7) is 9.03. The van der Waals surface area contributed by atoms with Crippen molar-refractivity contribution in [3.63, 3.8) is 0 Å². The van der Waals surface area contributed by atoms with Gasteiger partial charge in [0.25, 0.3) is 0 Å². The van der Waals surface area contributed by atoms with E-state index in [9.17, 15) is 9.59 Å². The summed E-state index contributed by atoms with van der Waals surface area (Å²) >= 11 is 1.33. The molecule has 6 nitrogen and oxygen atoms in total. The van der Waals surface area contributed by atoms with Crippen LogP contribution in [-0.4, -0.2) is 53.9 Å². The van der Waals surface area contributed by atoms with E-state index < -0.39 is 5.25 Å². The molecular weight excluding hydrogens is 350 g/mol. The number of nitrogens with one attached hydrogen (secondary N) is 1. The summed E-state index contributed by atoms with van der Waals surface area (Å²) in [5.74, 6) is -0.279. The minimum Gasteiger partial charge on any atom is -0.383 e. The van der Waals surface area contributed by atoms with E-state index in [1.807, 2.05) is 32.0 Å². The van der Waals surface area contributed by atoms with Crippen molar-refractivity contribution in [3.8, 4) is 0 Å². The summed E-state index contributed by atoms with van der Waals surface area (Å²) in [5, 5.41) is 2.88. The van der Waals surface area contributed by atoms with Gasteiger partial charge in [-0.05, 0) is 37.1 Å². The van der Waals surface area contributed by atoms with Crippen LogP contribution in [0.15, 0.2) is 35.8 Å². The lowest BCUT2D eigenvalue weighted by Crippen LogP contribution is -2.35. The molecule has 2 amide bonds. The van der Waals surface area contributed by atoms with Crippen molar-refractivity contribution in [2.24, 2.45) is 4.99 Å². The molecule has 2 rings (SSSR count). The quantitative estimate of drug-likeness (QED) is 0.560. The zero-order chi connectivity index (χ0) is 19.1. The van der Waals surface area contributed by atoms with Gasteiger partial charge in [0.2, 0.25) is 11.8 Å². The Bertz CT molecular complexity index is 718. The third-order valence-electron chi connectivity index (χ3n) is 4.05. The van der Waals surface area contributed by atoms with E-state index >= 15 is 0 Å². The van der Waals surface area contributed by atoms with Crippen LogP contribution in [0.5, 0.6) is 0 Å². The van der Waals surface area contributed by atoms with Gasteiger partial charge in [-0.15, -0.1) is 6.58 Å². The first kappa shape index (κ1) is 20.2. The molecule has 0 saturated carbocycles. The number of hydrogen-bond acceptors (Lipinski definition) is 5. The molecule has 1 fully saturated rings. The predicted octanol–water partition coefficient (Wildman–Crippen LogP) is 2.57. The number of carbonyl (C=O) groups excluding carboxylic acids is 2. The Kier molecular flexibility index (Phi) is 7.41. The lowest BCUT2D eigenvalue weighted by atomic mass is 10.1. The van der Waals surface area contributed by atoms with Crippen LogP contribution in [0.2, 0.25) is 0 Å². The summed E-state index contributed by atoms with van der Waals surface area (Å²) in [6, 6.07) is 5.93. The maximum Gasteiger partial charge on any atom is 0.242 e. The van der Waals surface area contributed by atoms with Gasteiger partial charge in [-0.2, -0.15) is 0 Å². The van der Waals surface area contributed by atoms with Crippen LogP contribution in [-0.2, 0) is 14.3 Å². The lowest BCUT2D eigenvalue weighted by Gasteiger charge is -2.14. The second-order valence-electron chi connectivity index (χ2n) is 6.05. The number of rotatable bonds is 8. The summed E-state index contributed by atoms with van der Waals surface area (Å²) < 4.78 is 4.91. The highest BCUT2D eigenvalue weighted by molar-refractivity contribution is 8.15. The van der Waals surface area contributed by atoms with Crippen molar-refractivity contribution in [2.75, 3.05) is 26.8 Å². The van der Waals surface area contributed by atoms with E-state index in [4.69, 9.17) is 4.74 Å². The smallest absolute Gasteiger partial charge is 0.242 e. The first-order valence-corrected chi connectivity index (χ1v) is 9.34. The Morgan fingerprint density at radius 2 is 2.19 bits per heavy atom. The van der Waals surface area contributed by atoms with Gasteiger partial charge in [-0.25, -0.2) is 4.99 Å². The summed E-state index contributed by atoms with van der Waals surface area (Å²) in [4.78, 5) is 30.9. The monoisotopic (exact) mass is 375 g/mol. The molecule has 7 heteroatoms. The maximum atomic E-state index is 12.7. The highest BCUT2D eigenvalue weighted by Gasteiger charge is 2.38. The highest BCUT2D eigenvalue weighted by Crippen LogP contribution is 2.31. The largest absolute Gasteiger partial charge is 0.383 e. The van der Waals surface area contributed by atoms with Crippen molar-refractivity contribution in [2.45, 2.75) is 25.5 Å². The van der Waals surface area contributed by atoms with Gasteiger partial charge >= 0.3 is 0 Å². The Morgan fingerprint density at radius 3 is 2.85 bits per heavy atom. The molecule has 1 aliphatic rings. The highest BCUT2D eigenvalue weighted by atomic mass is 32.2. The molecule has 0 unspecified atom stereocenters. The predicted molar refractivity (Wildman–Crippen MR) is 106 cm³/mol. The Hall–Kier alpha value is -2.12. The zero-order valence-corrected chi connectivity index (χ0v) is 16.3. The van der Waals surface area contributed by atoms with Crippen LogP contribution in [0.25, 0.3) is 0 Å². The molecule has 0 aliphatic carbocycles. The first-order chi connectivity index (χ1) is 12.5. The molecule has 1 N–H and O–H groups in total. The van der Waals surface area contributed by atoms with Gasteiger partial charge in [-0.3, -0.25) is 14.5 Å². The van der Waals surface area contributed by atoms with Gasteiger partial charge in [-0.1, -0.05) is 23.9 Å². The van der Waals surface area contributed by atoms with Crippen molar-refractivity contribution in [1.29, 1.82) is 0 Å². The minimum atomic E-state index is -0.470. The van der Waals surface area contributed by atoms with Crippen molar-refractivity contribution in [1.82, 2.24) is 10.2 Å². The van der Waals surface area contributed by atoms with E-state index in [0.717, 1.165) is 11.3 Å². The summed E-state index contributed by atoms with van der Waals surface area (Å²) in [7, 11) is 1.57. The van der Waals surface area contributed by atoms with Gasteiger partial charge in [0.05, 0.1) is 12.3 Å². The Labute approximate surface area is 158 Å². The third kappa shape index (κ3) is 5.19. The summed E-state index contributed by atoms with van der Waals surface area (Å²) in [5.41, 5.74) is 3.13. The van der Waals surface area contributed by atoms with Crippen LogP contribution in [0.4, 0.5) is 5.69 Å². The van der Waals surface area contributed by atoms with Crippen LogP contribution in [0, 0.1) is 13.8 Å². The second kappa shape index (κ2) is 9.54. The molecule has 26 heavy (non-hydrogen) atoms. The van der Waals surface area contributed by atoms with Gasteiger partial charge in [0, 0.05) is 26.6 Å². The number of nitrogens with zero attached hydrogens (tertiary/aromatic N) is 2. The number of aliphatic imine (C=N–C) groups is 1. The van der Waals surface area contributed by atoms with E-state index in [2.05, 4.69) is 16.9 Å². The van der Waals surface area contributed by atoms with E-state index in [1.54, 1.807) is 18.1 Å². The second-order valence-corrected chi connectivity index (χ2v) is 7.22. The zero-order valence-electron chi connectivity index (χ0n) is 15.4. The molecule has 0 spiro atoms. The van der Waals surface area contributed by atoms with Gasteiger partial charge < -0.3 is 10.1 Å². The van der Waals surface area contributed by atoms with E-state index in [1.165, 1.54) is 17.3 Å². The number of thioether (sulfide) groups is 1. The van der Waals surface area contributed by atoms with Crippen LogP contribution < -0.4 is 5.32 Å². The van der Waals surface area contributed by atoms with E-state index in [0.29, 0.717) is 24.9 Å². The minimum absolute atomic E-state index is 0.112. The van der Waals surface area contributed by atoms with Crippen molar-refractivity contribution < 1.29 is 14.3 Å². The standard InChI is InChI=1S/C19H25N3O3S/c1-5-9-22-18(24)16(12-17(23)20-8-10-25-4)26-19(22)21-15-7-6-13(2)14(3)11-15/h5-7,11,16H,1,8-10,12H2,2-4H3,(H,20,23)/t16-/m0/s1. The average molecular weight is 375 g/mol. The number of aryl methyl sites for hydroxylation is 2. The fraction of sp³-hybridized carbons (Fsp3) is 0.421. The summed E-state index contributed by atoms with van der Waals surface area (Å²) in [6.07, 6.45) is 1.78. The molecule has 1 saturated heterocycles. The maximum absolute atomic E-state index is 12.7. The lowest BCUT2D eigenvalue weighted by molar-refractivity contribution is -0.129. The molecule has 1 aromatic carbocycles. The van der Waals surface area contributed by atoms with Crippen LogP contribution >= 0.6 is 11.8 Å². The molecule has 1 aromatic rings. The average Bonchev–Trinajstić information content (AvgIpc) is 2.87. The number of methoxy groups -OCH3 is 1. The number of hydrogen-bond donors (Lipinski definition) is 1. The molecule has 0 aromatic heterocycles. The number of ether oxygens (including phenoxy) is 1. The third-order valence-corrected chi connectivity index (χ3v) is 5.22.